The van der Waals surface area contributed by atoms with Crippen LogP contribution in [0.25, 0.3) is 0 Å². The molecular weight excluding hydrogens is 492 g/mol. The van der Waals surface area contributed by atoms with E-state index in [9.17, 15) is 18.0 Å². The fourth-order valence-electron chi connectivity index (χ4n) is 5.60. The van der Waals surface area contributed by atoms with E-state index in [2.05, 4.69) is 16.0 Å². The third-order valence-electron chi connectivity index (χ3n) is 7.10. The summed E-state index contributed by atoms with van der Waals surface area (Å²) in [6.45, 7) is 13.8. The third-order valence-corrected chi connectivity index (χ3v) is 8.23. The lowest BCUT2D eigenvalue weighted by Crippen LogP contribution is -2.49. The number of sulfone groups is 1. The van der Waals surface area contributed by atoms with Crippen LogP contribution in [0.5, 0.6) is 0 Å². The fraction of sp³-hybridized carbons (Fsp3) is 0.519. The van der Waals surface area contributed by atoms with Crippen LogP contribution in [0, 0.1) is 19.8 Å². The molecule has 0 spiro atoms. The number of piperazine rings is 1. The molecule has 2 amide bonds. The molecule has 1 aromatic carbocycles. The maximum atomic E-state index is 13.5. The SMILES string of the molecule is Cc1cnc(N2CCN(C(=O)c3ccc(N4C(=O)OC(C)(C)[C@H]4C(C)C)cc3S(C)(=O)=O)CC2)c(C)c1. The van der Waals surface area contributed by atoms with Gasteiger partial charge in [0.15, 0.2) is 9.84 Å². The number of aryl methyl sites for hydroxylation is 2. The second kappa shape index (κ2) is 9.63. The number of pyridine rings is 1. The molecule has 1 atom stereocenters. The van der Waals surface area contributed by atoms with E-state index in [1.165, 1.54) is 17.0 Å². The molecule has 0 saturated carbocycles. The highest BCUT2D eigenvalue weighted by Crippen LogP contribution is 2.38. The van der Waals surface area contributed by atoms with Crippen LogP contribution in [0.3, 0.4) is 0 Å². The first-order valence-corrected chi connectivity index (χ1v) is 14.4. The number of carbonyl (C=O) groups excluding carboxylic acids is 2. The molecule has 0 aliphatic carbocycles. The number of ether oxygens (including phenoxy) is 1. The van der Waals surface area contributed by atoms with Crippen LogP contribution in [0.1, 0.15) is 49.2 Å². The van der Waals surface area contributed by atoms with Gasteiger partial charge in [-0.2, -0.15) is 0 Å². The van der Waals surface area contributed by atoms with Gasteiger partial charge in [0.05, 0.1) is 16.5 Å². The predicted molar refractivity (Wildman–Crippen MR) is 143 cm³/mol. The summed E-state index contributed by atoms with van der Waals surface area (Å²) in [6, 6.07) is 6.37. The second-order valence-corrected chi connectivity index (χ2v) is 12.9. The Labute approximate surface area is 219 Å². The van der Waals surface area contributed by atoms with Gasteiger partial charge in [0.2, 0.25) is 0 Å². The van der Waals surface area contributed by atoms with Gasteiger partial charge in [-0.15, -0.1) is 0 Å². The van der Waals surface area contributed by atoms with E-state index in [0.717, 1.165) is 23.2 Å². The maximum absolute atomic E-state index is 13.5. The van der Waals surface area contributed by atoms with Crippen LogP contribution in [0.4, 0.5) is 16.3 Å². The smallest absolute Gasteiger partial charge is 0.415 e. The standard InChI is InChI=1S/C27H36N4O5S/c1-17(2)23-27(5,6)36-26(33)31(23)20-8-9-21(22(15-20)37(7,34)35)25(32)30-12-10-29(11-13-30)24-19(4)14-18(3)16-28-24/h8-9,14-17,23H,10-13H2,1-7H3/t23-/m1/s1. The number of hydrogen-bond donors (Lipinski definition) is 0. The van der Waals surface area contributed by atoms with Crippen molar-refractivity contribution in [1.29, 1.82) is 0 Å². The fourth-order valence-corrected chi connectivity index (χ4v) is 6.49. The number of carbonyl (C=O) groups is 2. The van der Waals surface area contributed by atoms with E-state index >= 15 is 0 Å². The zero-order valence-corrected chi connectivity index (χ0v) is 23.4. The molecule has 2 fully saturated rings. The van der Waals surface area contributed by atoms with Crippen LogP contribution in [-0.4, -0.2) is 74.4 Å². The Balaban J connectivity index is 1.61. The van der Waals surface area contributed by atoms with Crippen molar-refractivity contribution < 1.29 is 22.7 Å². The summed E-state index contributed by atoms with van der Waals surface area (Å²) in [6.07, 6.45) is 2.39. The average Bonchev–Trinajstić information content (AvgIpc) is 3.06. The Kier molecular flexibility index (Phi) is 7.00. The molecule has 2 aliphatic heterocycles. The lowest BCUT2D eigenvalue weighted by Gasteiger charge is -2.36. The van der Waals surface area contributed by atoms with Crippen molar-refractivity contribution >= 4 is 33.3 Å². The van der Waals surface area contributed by atoms with Crippen LogP contribution in [0.15, 0.2) is 35.4 Å². The zero-order chi connectivity index (χ0) is 27.3. The molecule has 3 heterocycles. The monoisotopic (exact) mass is 528 g/mol. The van der Waals surface area contributed by atoms with Gasteiger partial charge in [-0.25, -0.2) is 18.2 Å². The van der Waals surface area contributed by atoms with Crippen molar-refractivity contribution in [2.45, 2.75) is 58.1 Å². The van der Waals surface area contributed by atoms with Crippen molar-refractivity contribution in [3.63, 3.8) is 0 Å². The quantitative estimate of drug-likeness (QED) is 0.582. The first-order chi connectivity index (χ1) is 17.2. The largest absolute Gasteiger partial charge is 0.441 e. The molecule has 0 unspecified atom stereocenters. The van der Waals surface area contributed by atoms with Gasteiger partial charge in [0.25, 0.3) is 5.91 Å². The van der Waals surface area contributed by atoms with E-state index in [1.807, 2.05) is 47.7 Å². The minimum atomic E-state index is -3.76. The lowest BCUT2D eigenvalue weighted by atomic mass is 9.88. The highest BCUT2D eigenvalue weighted by Gasteiger charge is 2.50. The Morgan fingerprint density at radius 3 is 2.32 bits per heavy atom. The van der Waals surface area contributed by atoms with Gasteiger partial charge in [0, 0.05) is 44.3 Å². The first-order valence-electron chi connectivity index (χ1n) is 12.5. The van der Waals surface area contributed by atoms with Gasteiger partial charge in [-0.05, 0) is 62.9 Å². The number of nitrogens with zero attached hydrogens (tertiary/aromatic N) is 4. The summed E-state index contributed by atoms with van der Waals surface area (Å²) in [7, 11) is -3.76. The van der Waals surface area contributed by atoms with Crippen molar-refractivity contribution in [3.8, 4) is 0 Å². The van der Waals surface area contributed by atoms with Gasteiger partial charge < -0.3 is 14.5 Å². The van der Waals surface area contributed by atoms with E-state index in [4.69, 9.17) is 4.74 Å². The molecule has 0 radical (unpaired) electrons. The van der Waals surface area contributed by atoms with E-state index in [0.29, 0.717) is 31.9 Å². The molecule has 4 rings (SSSR count). The molecule has 2 aliphatic rings. The Bertz CT molecular complexity index is 1330. The van der Waals surface area contributed by atoms with Crippen LogP contribution in [-0.2, 0) is 14.6 Å². The van der Waals surface area contributed by atoms with Gasteiger partial charge in [-0.1, -0.05) is 19.9 Å². The average molecular weight is 529 g/mol. The maximum Gasteiger partial charge on any atom is 0.415 e. The zero-order valence-electron chi connectivity index (χ0n) is 22.6. The van der Waals surface area contributed by atoms with Crippen molar-refractivity contribution in [2.75, 3.05) is 42.2 Å². The van der Waals surface area contributed by atoms with Gasteiger partial charge >= 0.3 is 6.09 Å². The Hall–Kier alpha value is -3.14. The number of rotatable bonds is 5. The third kappa shape index (κ3) is 5.16. The highest BCUT2D eigenvalue weighted by atomic mass is 32.2. The van der Waals surface area contributed by atoms with Crippen molar-refractivity contribution in [1.82, 2.24) is 9.88 Å². The molecule has 0 bridgehead atoms. The molecule has 2 saturated heterocycles. The van der Waals surface area contributed by atoms with Gasteiger partial charge in [-0.3, -0.25) is 9.69 Å². The minimum Gasteiger partial charge on any atom is -0.441 e. The molecule has 200 valence electrons. The second-order valence-electron chi connectivity index (χ2n) is 10.9. The summed E-state index contributed by atoms with van der Waals surface area (Å²) < 4.78 is 31.2. The highest BCUT2D eigenvalue weighted by molar-refractivity contribution is 7.90. The van der Waals surface area contributed by atoms with E-state index < -0.39 is 21.5 Å². The van der Waals surface area contributed by atoms with E-state index in [-0.39, 0.29) is 28.3 Å². The summed E-state index contributed by atoms with van der Waals surface area (Å²) in [4.78, 5) is 36.1. The Morgan fingerprint density at radius 2 is 1.76 bits per heavy atom. The molecule has 9 nitrogen and oxygen atoms in total. The Morgan fingerprint density at radius 1 is 1.11 bits per heavy atom. The molecule has 10 heteroatoms. The van der Waals surface area contributed by atoms with Crippen LogP contribution >= 0.6 is 0 Å². The number of hydrogen-bond acceptors (Lipinski definition) is 7. The first kappa shape index (κ1) is 26.9. The molecular formula is C27H36N4O5S. The van der Waals surface area contributed by atoms with E-state index in [1.54, 1.807) is 11.0 Å². The number of anilines is 2. The van der Waals surface area contributed by atoms with Crippen LogP contribution < -0.4 is 9.80 Å². The summed E-state index contributed by atoms with van der Waals surface area (Å²) in [5, 5.41) is 0. The van der Waals surface area contributed by atoms with Crippen molar-refractivity contribution in [2.24, 2.45) is 5.92 Å². The number of cyclic esters (lactones) is 1. The van der Waals surface area contributed by atoms with Crippen molar-refractivity contribution in [3.05, 3.63) is 47.2 Å². The molecule has 2 aromatic rings. The summed E-state index contributed by atoms with van der Waals surface area (Å²) in [5.74, 6) is 0.622. The van der Waals surface area contributed by atoms with Crippen LogP contribution in [0.2, 0.25) is 0 Å². The normalized spacial score (nSPS) is 19.9. The molecule has 37 heavy (non-hydrogen) atoms. The lowest BCUT2D eigenvalue weighted by molar-refractivity contribution is 0.0592. The number of amides is 2. The summed E-state index contributed by atoms with van der Waals surface area (Å²) >= 11 is 0. The number of aromatic nitrogens is 1. The topological polar surface area (TPSA) is 100 Å². The minimum absolute atomic E-state index is 0.0624. The van der Waals surface area contributed by atoms with Gasteiger partial charge in [0.1, 0.15) is 11.4 Å². The predicted octanol–water partition coefficient (Wildman–Crippen LogP) is 3.82. The molecule has 0 N–H and O–H groups in total. The molecule has 1 aromatic heterocycles. The summed E-state index contributed by atoms with van der Waals surface area (Å²) in [5.41, 5.74) is 1.94. The number of benzene rings is 1.